The van der Waals surface area contributed by atoms with Gasteiger partial charge >= 0.3 is 0 Å². The molecule has 1 aromatic rings. The number of aryl methyl sites for hydroxylation is 2. The van der Waals surface area contributed by atoms with Crippen molar-refractivity contribution in [3.05, 3.63) is 28.8 Å². The fraction of sp³-hybridized carbons (Fsp3) is 0.571. The second-order valence-corrected chi connectivity index (χ2v) is 4.65. The van der Waals surface area contributed by atoms with Gasteiger partial charge in [0.1, 0.15) is 5.75 Å². The second kappa shape index (κ2) is 6.03. The first-order valence-electron chi connectivity index (χ1n) is 5.93. The van der Waals surface area contributed by atoms with Crippen LogP contribution in [0.1, 0.15) is 36.0 Å². The molecule has 0 aliphatic heterocycles. The van der Waals surface area contributed by atoms with Gasteiger partial charge in [0.15, 0.2) is 0 Å². The lowest BCUT2D eigenvalue weighted by Crippen LogP contribution is -2.15. The van der Waals surface area contributed by atoms with Crippen molar-refractivity contribution in [1.82, 2.24) is 0 Å². The predicted molar refractivity (Wildman–Crippen MR) is 68.6 cm³/mol. The summed E-state index contributed by atoms with van der Waals surface area (Å²) >= 11 is 0. The number of benzene rings is 1. The van der Waals surface area contributed by atoms with Gasteiger partial charge in [0.05, 0.1) is 19.8 Å². The molecule has 3 heteroatoms. The number of hydrogen-bond acceptors (Lipinski definition) is 3. The van der Waals surface area contributed by atoms with Crippen LogP contribution in [0.15, 0.2) is 12.1 Å². The van der Waals surface area contributed by atoms with E-state index in [0.29, 0.717) is 6.42 Å². The number of aliphatic hydroxyl groups is 2. The van der Waals surface area contributed by atoms with Crippen LogP contribution in [0.5, 0.6) is 5.75 Å². The predicted octanol–water partition coefficient (Wildman–Crippen LogP) is 2.16. The molecule has 0 bridgehead atoms. The van der Waals surface area contributed by atoms with E-state index in [1.54, 1.807) is 7.11 Å². The van der Waals surface area contributed by atoms with Crippen LogP contribution in [0.25, 0.3) is 0 Å². The second-order valence-electron chi connectivity index (χ2n) is 4.65. The smallest absolute Gasteiger partial charge is 0.122 e. The van der Waals surface area contributed by atoms with Crippen LogP contribution in [0.4, 0.5) is 0 Å². The fourth-order valence-corrected chi connectivity index (χ4v) is 2.17. The average molecular weight is 238 g/mol. The van der Waals surface area contributed by atoms with Crippen molar-refractivity contribution >= 4 is 0 Å². The molecule has 0 amide bonds. The molecule has 0 aromatic heterocycles. The maximum Gasteiger partial charge on any atom is 0.122 e. The maximum absolute atomic E-state index is 9.48. The van der Waals surface area contributed by atoms with Crippen molar-refractivity contribution in [1.29, 1.82) is 0 Å². The van der Waals surface area contributed by atoms with Crippen LogP contribution in [0, 0.1) is 13.8 Å². The Hall–Kier alpha value is -1.06. The third-order valence-electron chi connectivity index (χ3n) is 3.15. The fourth-order valence-electron chi connectivity index (χ4n) is 2.17. The first kappa shape index (κ1) is 14.0. The molecule has 1 rings (SSSR count). The van der Waals surface area contributed by atoms with Crippen molar-refractivity contribution in [2.45, 2.75) is 39.2 Å². The lowest BCUT2D eigenvalue weighted by Gasteiger charge is -2.19. The number of ether oxygens (including phenoxy) is 1. The first-order valence-corrected chi connectivity index (χ1v) is 5.93. The molecule has 3 nitrogen and oxygen atoms in total. The molecule has 96 valence electrons. The molecular formula is C14H22O3. The van der Waals surface area contributed by atoms with E-state index in [0.717, 1.165) is 16.9 Å². The molecule has 2 atom stereocenters. The highest BCUT2D eigenvalue weighted by Crippen LogP contribution is 2.29. The first-order chi connectivity index (χ1) is 7.99. The van der Waals surface area contributed by atoms with Gasteiger partial charge in [0.2, 0.25) is 0 Å². The Labute approximate surface area is 103 Å². The Morgan fingerprint density at radius 2 is 1.88 bits per heavy atom. The molecule has 0 aliphatic carbocycles. The van der Waals surface area contributed by atoms with Crippen molar-refractivity contribution in [2.75, 3.05) is 13.7 Å². The van der Waals surface area contributed by atoms with E-state index in [2.05, 4.69) is 13.0 Å². The number of hydrogen-bond donors (Lipinski definition) is 2. The molecule has 0 aliphatic rings. The lowest BCUT2D eigenvalue weighted by atomic mass is 9.90. The zero-order valence-corrected chi connectivity index (χ0v) is 11.0. The summed E-state index contributed by atoms with van der Waals surface area (Å²) in [5, 5.41) is 18.3. The van der Waals surface area contributed by atoms with Gasteiger partial charge in [-0.25, -0.2) is 0 Å². The molecule has 0 saturated carbocycles. The zero-order chi connectivity index (χ0) is 13.0. The molecule has 1 aromatic carbocycles. The molecule has 0 heterocycles. The highest BCUT2D eigenvalue weighted by Gasteiger charge is 2.15. The van der Waals surface area contributed by atoms with Crippen LogP contribution in [-0.4, -0.2) is 30.0 Å². The van der Waals surface area contributed by atoms with Gasteiger partial charge in [0.25, 0.3) is 0 Å². The molecule has 2 N–H and O–H groups in total. The summed E-state index contributed by atoms with van der Waals surface area (Å²) in [6.45, 7) is 5.93. The Kier molecular flexibility index (Phi) is 4.97. The Balaban J connectivity index is 2.94. The minimum atomic E-state index is -0.646. The van der Waals surface area contributed by atoms with E-state index < -0.39 is 6.10 Å². The Bertz CT molecular complexity index is 374. The quantitative estimate of drug-likeness (QED) is 0.826. The minimum Gasteiger partial charge on any atom is -0.496 e. The third kappa shape index (κ3) is 3.45. The third-order valence-corrected chi connectivity index (χ3v) is 3.15. The molecule has 2 unspecified atom stereocenters. The summed E-state index contributed by atoms with van der Waals surface area (Å²) in [4.78, 5) is 0. The summed E-state index contributed by atoms with van der Waals surface area (Å²) < 4.78 is 5.27. The van der Waals surface area contributed by atoms with Gasteiger partial charge in [-0.05, 0) is 48.9 Å². The van der Waals surface area contributed by atoms with Gasteiger partial charge in [-0.1, -0.05) is 13.0 Å². The normalized spacial score (nSPS) is 14.5. The van der Waals surface area contributed by atoms with Crippen molar-refractivity contribution in [3.8, 4) is 5.75 Å². The topological polar surface area (TPSA) is 49.7 Å². The standard InChI is InChI=1S/C14H22O3/c1-9(5-12(16)8-15)13-6-11(3)14(17-4)7-10(13)2/h6-7,9,12,15-16H,5,8H2,1-4H3. The largest absolute Gasteiger partial charge is 0.496 e. The summed E-state index contributed by atoms with van der Waals surface area (Å²) in [6.07, 6.45) is -0.0739. The van der Waals surface area contributed by atoms with E-state index in [1.807, 2.05) is 19.9 Å². The van der Waals surface area contributed by atoms with E-state index in [4.69, 9.17) is 9.84 Å². The summed E-state index contributed by atoms with van der Waals surface area (Å²) in [6, 6.07) is 4.12. The average Bonchev–Trinajstić information content (AvgIpc) is 2.31. The van der Waals surface area contributed by atoms with Gasteiger partial charge in [-0.2, -0.15) is 0 Å². The Morgan fingerprint density at radius 1 is 1.24 bits per heavy atom. The van der Waals surface area contributed by atoms with Gasteiger partial charge < -0.3 is 14.9 Å². The highest BCUT2D eigenvalue weighted by molar-refractivity contribution is 5.42. The molecule has 0 spiro atoms. The van der Waals surface area contributed by atoms with Crippen LogP contribution < -0.4 is 4.74 Å². The van der Waals surface area contributed by atoms with Crippen LogP contribution in [0.3, 0.4) is 0 Å². The van der Waals surface area contributed by atoms with E-state index >= 15 is 0 Å². The van der Waals surface area contributed by atoms with Gasteiger partial charge in [0, 0.05) is 0 Å². The van der Waals surface area contributed by atoms with Crippen molar-refractivity contribution in [2.24, 2.45) is 0 Å². The Morgan fingerprint density at radius 3 is 2.41 bits per heavy atom. The molecule has 0 fully saturated rings. The number of methoxy groups -OCH3 is 1. The van der Waals surface area contributed by atoms with E-state index in [-0.39, 0.29) is 12.5 Å². The van der Waals surface area contributed by atoms with Crippen LogP contribution in [0.2, 0.25) is 0 Å². The van der Waals surface area contributed by atoms with Crippen molar-refractivity contribution in [3.63, 3.8) is 0 Å². The SMILES string of the molecule is COc1cc(C)c(C(C)CC(O)CO)cc1C. The van der Waals surface area contributed by atoms with E-state index in [1.165, 1.54) is 5.56 Å². The summed E-state index contributed by atoms with van der Waals surface area (Å²) in [5.74, 6) is 1.11. The molecule has 0 saturated heterocycles. The number of aliphatic hydroxyl groups excluding tert-OH is 2. The monoisotopic (exact) mass is 238 g/mol. The summed E-state index contributed by atoms with van der Waals surface area (Å²) in [5.41, 5.74) is 3.46. The lowest BCUT2D eigenvalue weighted by molar-refractivity contribution is 0.0835. The van der Waals surface area contributed by atoms with Gasteiger partial charge in [-0.3, -0.25) is 0 Å². The van der Waals surface area contributed by atoms with Crippen molar-refractivity contribution < 1.29 is 14.9 Å². The molecular weight excluding hydrogens is 216 g/mol. The zero-order valence-electron chi connectivity index (χ0n) is 11.0. The van der Waals surface area contributed by atoms with Crippen LogP contribution >= 0.6 is 0 Å². The number of rotatable bonds is 5. The minimum absolute atomic E-state index is 0.182. The molecule has 17 heavy (non-hydrogen) atoms. The highest BCUT2D eigenvalue weighted by atomic mass is 16.5. The maximum atomic E-state index is 9.48. The summed E-state index contributed by atoms with van der Waals surface area (Å²) in [7, 11) is 1.67. The van der Waals surface area contributed by atoms with Crippen LogP contribution in [-0.2, 0) is 0 Å². The van der Waals surface area contributed by atoms with E-state index in [9.17, 15) is 5.11 Å². The molecule has 0 radical (unpaired) electrons. The van der Waals surface area contributed by atoms with Gasteiger partial charge in [-0.15, -0.1) is 0 Å².